The third-order valence-corrected chi connectivity index (χ3v) is 2.63. The molecule has 0 fully saturated rings. The Bertz CT molecular complexity index is 540. The molecule has 0 aliphatic rings. The van der Waals surface area contributed by atoms with Gasteiger partial charge in [-0.05, 0) is 27.5 Å². The minimum Gasteiger partial charge on any atom is -0.464 e. The Labute approximate surface area is 97.9 Å². The standard InChI is InChI=1S/C8H5BrClN3O2/c1-15-7(14)5-4-3(9)2-11-6(4)13-8(10)12-5/h2H,1H3,(H,11,12,13). The second-order valence-electron chi connectivity index (χ2n) is 2.69. The minimum absolute atomic E-state index is 0.00255. The van der Waals surface area contributed by atoms with Crippen molar-refractivity contribution in [2.24, 2.45) is 0 Å². The smallest absolute Gasteiger partial charge is 0.357 e. The van der Waals surface area contributed by atoms with Crippen LogP contribution in [0.5, 0.6) is 0 Å². The number of hydrogen-bond donors (Lipinski definition) is 1. The number of ether oxygens (including phenoxy) is 1. The van der Waals surface area contributed by atoms with Crippen molar-refractivity contribution in [3.63, 3.8) is 0 Å². The first-order chi connectivity index (χ1) is 7.13. The van der Waals surface area contributed by atoms with E-state index in [9.17, 15) is 4.79 Å². The Morgan fingerprint density at radius 3 is 3.00 bits per heavy atom. The fourth-order valence-electron chi connectivity index (χ4n) is 1.21. The van der Waals surface area contributed by atoms with Crippen LogP contribution in [0.25, 0.3) is 11.0 Å². The van der Waals surface area contributed by atoms with Crippen molar-refractivity contribution >= 4 is 44.5 Å². The van der Waals surface area contributed by atoms with E-state index in [1.165, 1.54) is 7.11 Å². The van der Waals surface area contributed by atoms with E-state index in [2.05, 4.69) is 35.6 Å². The van der Waals surface area contributed by atoms with Crippen LogP contribution in [0.2, 0.25) is 5.28 Å². The van der Waals surface area contributed by atoms with Crippen LogP contribution >= 0.6 is 27.5 Å². The van der Waals surface area contributed by atoms with Crippen molar-refractivity contribution in [3.8, 4) is 0 Å². The first-order valence-corrected chi connectivity index (χ1v) is 5.09. The van der Waals surface area contributed by atoms with Crippen LogP contribution in [0, 0.1) is 0 Å². The number of rotatable bonds is 1. The molecule has 2 aromatic rings. The maximum absolute atomic E-state index is 11.4. The van der Waals surface area contributed by atoms with E-state index in [1.54, 1.807) is 6.20 Å². The molecule has 0 unspecified atom stereocenters. The van der Waals surface area contributed by atoms with E-state index in [0.29, 0.717) is 15.5 Å². The molecule has 0 saturated heterocycles. The van der Waals surface area contributed by atoms with Crippen LogP contribution in [0.3, 0.4) is 0 Å². The summed E-state index contributed by atoms with van der Waals surface area (Å²) in [7, 11) is 1.28. The lowest BCUT2D eigenvalue weighted by Gasteiger charge is -2.00. The fraction of sp³-hybridized carbons (Fsp3) is 0.125. The molecule has 0 aliphatic carbocycles. The van der Waals surface area contributed by atoms with Gasteiger partial charge in [0.2, 0.25) is 5.28 Å². The molecule has 0 saturated carbocycles. The number of halogens is 2. The van der Waals surface area contributed by atoms with E-state index >= 15 is 0 Å². The largest absolute Gasteiger partial charge is 0.464 e. The van der Waals surface area contributed by atoms with Crippen LogP contribution in [-0.4, -0.2) is 28.0 Å². The van der Waals surface area contributed by atoms with Crippen molar-refractivity contribution in [3.05, 3.63) is 21.6 Å². The highest BCUT2D eigenvalue weighted by molar-refractivity contribution is 9.10. The van der Waals surface area contributed by atoms with Crippen LogP contribution in [0.4, 0.5) is 0 Å². The zero-order valence-corrected chi connectivity index (χ0v) is 9.89. The average molecular weight is 291 g/mol. The van der Waals surface area contributed by atoms with E-state index < -0.39 is 5.97 Å². The van der Waals surface area contributed by atoms with Crippen molar-refractivity contribution < 1.29 is 9.53 Å². The van der Waals surface area contributed by atoms with Crippen LogP contribution in [0.1, 0.15) is 10.5 Å². The monoisotopic (exact) mass is 289 g/mol. The number of methoxy groups -OCH3 is 1. The number of nitrogens with zero attached hydrogens (tertiary/aromatic N) is 2. The molecule has 78 valence electrons. The van der Waals surface area contributed by atoms with Crippen molar-refractivity contribution in [2.45, 2.75) is 0 Å². The number of aromatic nitrogens is 3. The lowest BCUT2D eigenvalue weighted by Crippen LogP contribution is -2.06. The summed E-state index contributed by atoms with van der Waals surface area (Å²) in [6.45, 7) is 0. The molecule has 0 aliphatic heterocycles. The second kappa shape index (κ2) is 3.79. The maximum Gasteiger partial charge on any atom is 0.357 e. The number of hydrogen-bond acceptors (Lipinski definition) is 4. The molecule has 0 radical (unpaired) electrons. The average Bonchev–Trinajstić information content (AvgIpc) is 2.58. The summed E-state index contributed by atoms with van der Waals surface area (Å²) in [6, 6.07) is 0. The van der Waals surface area contributed by atoms with Crippen molar-refractivity contribution in [1.82, 2.24) is 15.0 Å². The van der Waals surface area contributed by atoms with Gasteiger partial charge in [0.15, 0.2) is 5.69 Å². The molecule has 1 N–H and O–H groups in total. The van der Waals surface area contributed by atoms with Gasteiger partial charge in [-0.1, -0.05) is 0 Å². The van der Waals surface area contributed by atoms with E-state index in [1.807, 2.05) is 0 Å². The molecule has 0 aromatic carbocycles. The molecule has 2 rings (SSSR count). The SMILES string of the molecule is COC(=O)c1nc(Cl)nc2[nH]cc(Br)c12. The van der Waals surface area contributed by atoms with Gasteiger partial charge in [0.1, 0.15) is 5.65 Å². The predicted molar refractivity (Wildman–Crippen MR) is 57.9 cm³/mol. The number of nitrogens with one attached hydrogen (secondary N) is 1. The highest BCUT2D eigenvalue weighted by atomic mass is 79.9. The van der Waals surface area contributed by atoms with Gasteiger partial charge in [-0.15, -0.1) is 0 Å². The van der Waals surface area contributed by atoms with Gasteiger partial charge in [0, 0.05) is 10.7 Å². The topological polar surface area (TPSA) is 67.9 Å². The Kier molecular flexibility index (Phi) is 2.62. The van der Waals surface area contributed by atoms with Gasteiger partial charge in [-0.25, -0.2) is 9.78 Å². The summed E-state index contributed by atoms with van der Waals surface area (Å²) in [4.78, 5) is 22.1. The Morgan fingerprint density at radius 1 is 1.60 bits per heavy atom. The van der Waals surface area contributed by atoms with Crippen LogP contribution in [-0.2, 0) is 4.74 Å². The van der Waals surface area contributed by atoms with E-state index in [4.69, 9.17) is 11.6 Å². The number of esters is 1. The molecule has 2 heterocycles. The zero-order valence-electron chi connectivity index (χ0n) is 7.54. The normalized spacial score (nSPS) is 10.6. The summed E-state index contributed by atoms with van der Waals surface area (Å²) in [6.07, 6.45) is 1.65. The number of H-pyrrole nitrogens is 1. The first kappa shape index (κ1) is 10.4. The molecular weight excluding hydrogens is 285 g/mol. The molecule has 0 amide bonds. The highest BCUT2D eigenvalue weighted by Gasteiger charge is 2.18. The van der Waals surface area contributed by atoms with Gasteiger partial charge in [0.05, 0.1) is 12.5 Å². The summed E-state index contributed by atoms with van der Waals surface area (Å²) in [5, 5.41) is 0.559. The third-order valence-electron chi connectivity index (χ3n) is 1.83. The molecule has 5 nitrogen and oxygen atoms in total. The molecule has 2 aromatic heterocycles. The molecular formula is C8H5BrClN3O2. The molecule has 15 heavy (non-hydrogen) atoms. The van der Waals surface area contributed by atoms with Gasteiger partial charge >= 0.3 is 5.97 Å². The second-order valence-corrected chi connectivity index (χ2v) is 3.89. The van der Waals surface area contributed by atoms with E-state index in [-0.39, 0.29) is 11.0 Å². The van der Waals surface area contributed by atoms with Gasteiger partial charge in [-0.3, -0.25) is 0 Å². The lowest BCUT2D eigenvalue weighted by molar-refractivity contribution is 0.0596. The van der Waals surface area contributed by atoms with Crippen LogP contribution in [0.15, 0.2) is 10.7 Å². The molecule has 7 heteroatoms. The number of fused-ring (bicyclic) bond motifs is 1. The molecule has 0 atom stereocenters. The zero-order chi connectivity index (χ0) is 11.0. The summed E-state index contributed by atoms with van der Waals surface area (Å²) in [5.74, 6) is -0.551. The quantitative estimate of drug-likeness (QED) is 0.645. The fourth-order valence-corrected chi connectivity index (χ4v) is 1.87. The molecule has 0 spiro atoms. The predicted octanol–water partition coefficient (Wildman–Crippen LogP) is 2.16. The number of carbonyl (C=O) groups is 1. The van der Waals surface area contributed by atoms with Gasteiger partial charge in [0.25, 0.3) is 0 Å². The van der Waals surface area contributed by atoms with Gasteiger partial charge in [-0.2, -0.15) is 4.98 Å². The third kappa shape index (κ3) is 1.70. The number of aromatic amines is 1. The first-order valence-electron chi connectivity index (χ1n) is 3.92. The molecule has 0 bridgehead atoms. The summed E-state index contributed by atoms with van der Waals surface area (Å²) >= 11 is 8.95. The summed E-state index contributed by atoms with van der Waals surface area (Å²) in [5.41, 5.74) is 0.628. The summed E-state index contributed by atoms with van der Waals surface area (Å²) < 4.78 is 5.29. The minimum atomic E-state index is -0.551. The Balaban J connectivity index is 2.80. The lowest BCUT2D eigenvalue weighted by atomic mass is 10.3. The Hall–Kier alpha value is -1.14. The highest BCUT2D eigenvalue weighted by Crippen LogP contribution is 2.26. The Morgan fingerprint density at radius 2 is 2.33 bits per heavy atom. The maximum atomic E-state index is 11.4. The number of carbonyl (C=O) groups excluding carboxylic acids is 1. The van der Waals surface area contributed by atoms with Crippen molar-refractivity contribution in [2.75, 3.05) is 7.11 Å². The van der Waals surface area contributed by atoms with Crippen molar-refractivity contribution in [1.29, 1.82) is 0 Å². The van der Waals surface area contributed by atoms with Crippen LogP contribution < -0.4 is 0 Å². The van der Waals surface area contributed by atoms with E-state index in [0.717, 1.165) is 0 Å². The van der Waals surface area contributed by atoms with Gasteiger partial charge < -0.3 is 9.72 Å².